The number of rotatable bonds is 4. The molecule has 0 saturated heterocycles. The minimum atomic E-state index is -0.837. The third kappa shape index (κ3) is 4.21. The van der Waals surface area contributed by atoms with Gasteiger partial charge in [-0.25, -0.2) is 13.8 Å². The van der Waals surface area contributed by atoms with Crippen molar-refractivity contribution in [2.45, 2.75) is 44.7 Å². The lowest BCUT2D eigenvalue weighted by molar-refractivity contribution is 0.0918. The monoisotopic (exact) mass is 395 g/mol. The third-order valence-electron chi connectivity index (χ3n) is 5.53. The largest absolute Gasteiger partial charge is 0.367 e. The summed E-state index contributed by atoms with van der Waals surface area (Å²) in [5, 5.41) is 7.41. The lowest BCUT2D eigenvalue weighted by Crippen LogP contribution is -2.40. The van der Waals surface area contributed by atoms with E-state index in [1.807, 2.05) is 18.2 Å². The first-order valence-electron chi connectivity index (χ1n) is 9.89. The Labute approximate surface area is 168 Å². The van der Waals surface area contributed by atoms with Gasteiger partial charge in [-0.05, 0) is 62.4 Å². The molecule has 0 bridgehead atoms. The molecule has 2 aromatic carbocycles. The second-order valence-corrected chi connectivity index (χ2v) is 7.60. The molecule has 2 N–H and O–H groups in total. The fraction of sp³-hybridized carbons (Fsp3) is 0.304. The van der Waals surface area contributed by atoms with Crippen molar-refractivity contribution in [3.05, 3.63) is 71.3 Å². The molecule has 4 nitrogen and oxygen atoms in total. The topological polar surface area (TPSA) is 54.0 Å². The Balaban J connectivity index is 1.36. The standard InChI is InChI=1S/C23H23F2N3O/c1-14-13-21(28-20-8-3-2-5-17(14)20)26-15-9-11-16(12-10-15)27-23(29)22-18(24)6-4-7-19(22)25/h2-8,13,15-16H,9-12H2,1H3,(H,26,28)(H,27,29)/t15-,16+. The van der Waals surface area contributed by atoms with Gasteiger partial charge in [0.05, 0.1) is 5.52 Å². The molecule has 1 aromatic heterocycles. The number of para-hydroxylation sites is 1. The molecule has 0 aliphatic heterocycles. The molecular weight excluding hydrogens is 372 g/mol. The highest BCUT2D eigenvalue weighted by Gasteiger charge is 2.25. The number of nitrogens with one attached hydrogen (secondary N) is 2. The Morgan fingerprint density at radius 2 is 1.62 bits per heavy atom. The summed E-state index contributed by atoms with van der Waals surface area (Å²) in [4.78, 5) is 17.0. The van der Waals surface area contributed by atoms with Crippen LogP contribution < -0.4 is 10.6 Å². The predicted molar refractivity (Wildman–Crippen MR) is 110 cm³/mol. The quantitative estimate of drug-likeness (QED) is 0.655. The lowest BCUT2D eigenvalue weighted by Gasteiger charge is -2.30. The van der Waals surface area contributed by atoms with Gasteiger partial charge in [0.15, 0.2) is 0 Å². The van der Waals surface area contributed by atoms with Crippen LogP contribution >= 0.6 is 0 Å². The van der Waals surface area contributed by atoms with E-state index in [-0.39, 0.29) is 12.1 Å². The van der Waals surface area contributed by atoms with E-state index in [4.69, 9.17) is 4.98 Å². The van der Waals surface area contributed by atoms with Crippen molar-refractivity contribution in [1.82, 2.24) is 10.3 Å². The summed E-state index contributed by atoms with van der Waals surface area (Å²) >= 11 is 0. The smallest absolute Gasteiger partial charge is 0.257 e. The highest BCUT2D eigenvalue weighted by atomic mass is 19.1. The number of pyridine rings is 1. The second-order valence-electron chi connectivity index (χ2n) is 7.60. The van der Waals surface area contributed by atoms with Gasteiger partial charge >= 0.3 is 0 Å². The summed E-state index contributed by atoms with van der Waals surface area (Å²) in [5.74, 6) is -1.52. The molecule has 0 atom stereocenters. The van der Waals surface area contributed by atoms with E-state index in [0.717, 1.165) is 54.5 Å². The molecule has 1 fully saturated rings. The Morgan fingerprint density at radius 1 is 0.966 bits per heavy atom. The van der Waals surface area contributed by atoms with E-state index in [2.05, 4.69) is 29.7 Å². The minimum Gasteiger partial charge on any atom is -0.367 e. The number of aromatic nitrogens is 1. The van der Waals surface area contributed by atoms with Crippen molar-refractivity contribution in [3.63, 3.8) is 0 Å². The van der Waals surface area contributed by atoms with Crippen molar-refractivity contribution in [1.29, 1.82) is 0 Å². The average molecular weight is 395 g/mol. The number of fused-ring (bicyclic) bond motifs is 1. The fourth-order valence-corrected chi connectivity index (χ4v) is 3.99. The maximum Gasteiger partial charge on any atom is 0.257 e. The normalized spacial score (nSPS) is 19.1. The van der Waals surface area contributed by atoms with E-state index in [1.54, 1.807) is 0 Å². The Morgan fingerprint density at radius 3 is 2.34 bits per heavy atom. The zero-order valence-corrected chi connectivity index (χ0v) is 16.2. The number of carbonyl (C=O) groups excluding carboxylic acids is 1. The average Bonchev–Trinajstić information content (AvgIpc) is 2.69. The van der Waals surface area contributed by atoms with Gasteiger partial charge in [0.25, 0.3) is 5.91 Å². The summed E-state index contributed by atoms with van der Waals surface area (Å²) in [6.07, 6.45) is 3.18. The molecule has 0 spiro atoms. The first-order chi connectivity index (χ1) is 14.0. The third-order valence-corrected chi connectivity index (χ3v) is 5.53. The first kappa shape index (κ1) is 19.3. The maximum absolute atomic E-state index is 13.8. The van der Waals surface area contributed by atoms with Gasteiger partial charge in [-0.2, -0.15) is 0 Å². The molecule has 150 valence electrons. The van der Waals surface area contributed by atoms with E-state index in [0.29, 0.717) is 0 Å². The maximum atomic E-state index is 13.8. The first-order valence-corrected chi connectivity index (χ1v) is 9.89. The molecule has 1 aliphatic rings. The summed E-state index contributed by atoms with van der Waals surface area (Å²) in [6.45, 7) is 2.07. The van der Waals surface area contributed by atoms with Crippen LogP contribution in [0.5, 0.6) is 0 Å². The number of carbonyl (C=O) groups is 1. The number of amides is 1. The Bertz CT molecular complexity index is 1030. The van der Waals surface area contributed by atoms with Crippen LogP contribution in [0.4, 0.5) is 14.6 Å². The highest BCUT2D eigenvalue weighted by Crippen LogP contribution is 2.25. The van der Waals surface area contributed by atoms with E-state index < -0.39 is 23.1 Å². The van der Waals surface area contributed by atoms with Crippen LogP contribution in [0, 0.1) is 18.6 Å². The lowest BCUT2D eigenvalue weighted by atomic mass is 9.91. The zero-order chi connectivity index (χ0) is 20.4. The number of aryl methyl sites for hydroxylation is 1. The van der Waals surface area contributed by atoms with E-state index >= 15 is 0 Å². The van der Waals surface area contributed by atoms with Crippen molar-refractivity contribution >= 4 is 22.6 Å². The summed E-state index contributed by atoms with van der Waals surface area (Å²) in [6, 6.07) is 13.7. The van der Waals surface area contributed by atoms with Crippen molar-refractivity contribution in [2.24, 2.45) is 0 Å². The number of anilines is 1. The Kier molecular flexibility index (Phi) is 5.43. The molecule has 1 saturated carbocycles. The van der Waals surface area contributed by atoms with Crippen molar-refractivity contribution in [3.8, 4) is 0 Å². The van der Waals surface area contributed by atoms with Gasteiger partial charge in [0.1, 0.15) is 23.0 Å². The number of benzene rings is 2. The summed E-state index contributed by atoms with van der Waals surface area (Å²) in [7, 11) is 0. The second kappa shape index (κ2) is 8.15. The molecular formula is C23H23F2N3O. The molecule has 3 aromatic rings. The summed E-state index contributed by atoms with van der Waals surface area (Å²) < 4.78 is 27.6. The molecule has 6 heteroatoms. The van der Waals surface area contributed by atoms with Gasteiger partial charge in [-0.15, -0.1) is 0 Å². The van der Waals surface area contributed by atoms with Crippen LogP contribution in [-0.2, 0) is 0 Å². The van der Waals surface area contributed by atoms with E-state index in [9.17, 15) is 13.6 Å². The van der Waals surface area contributed by atoms with Crippen LogP contribution in [0.25, 0.3) is 10.9 Å². The van der Waals surface area contributed by atoms with Gasteiger partial charge in [-0.3, -0.25) is 4.79 Å². The molecule has 0 unspecified atom stereocenters. The number of halogens is 2. The van der Waals surface area contributed by atoms with Gasteiger partial charge in [0, 0.05) is 17.5 Å². The van der Waals surface area contributed by atoms with Crippen LogP contribution in [0.2, 0.25) is 0 Å². The SMILES string of the molecule is Cc1cc(N[C@H]2CC[C@@H](NC(=O)c3c(F)cccc3F)CC2)nc2ccccc12. The highest BCUT2D eigenvalue weighted by molar-refractivity contribution is 5.95. The predicted octanol–water partition coefficient (Wildman–Crippen LogP) is 4.97. The van der Waals surface area contributed by atoms with Crippen LogP contribution in [-0.4, -0.2) is 23.0 Å². The fourth-order valence-electron chi connectivity index (χ4n) is 3.99. The molecule has 1 aliphatic carbocycles. The Hall–Kier alpha value is -3.02. The molecule has 29 heavy (non-hydrogen) atoms. The zero-order valence-electron chi connectivity index (χ0n) is 16.2. The van der Waals surface area contributed by atoms with Crippen molar-refractivity contribution in [2.75, 3.05) is 5.32 Å². The molecule has 1 amide bonds. The molecule has 4 rings (SSSR count). The molecule has 1 heterocycles. The van der Waals surface area contributed by atoms with Gasteiger partial charge in [0.2, 0.25) is 0 Å². The number of hydrogen-bond donors (Lipinski definition) is 2. The van der Waals surface area contributed by atoms with Gasteiger partial charge < -0.3 is 10.6 Å². The van der Waals surface area contributed by atoms with Crippen LogP contribution in [0.3, 0.4) is 0 Å². The summed E-state index contributed by atoms with van der Waals surface area (Å²) in [5.41, 5.74) is 1.62. The van der Waals surface area contributed by atoms with Crippen LogP contribution in [0.15, 0.2) is 48.5 Å². The number of nitrogens with zero attached hydrogens (tertiary/aromatic N) is 1. The van der Waals surface area contributed by atoms with Gasteiger partial charge in [-0.1, -0.05) is 24.3 Å². The number of hydrogen-bond acceptors (Lipinski definition) is 3. The van der Waals surface area contributed by atoms with Crippen LogP contribution in [0.1, 0.15) is 41.6 Å². The minimum absolute atomic E-state index is 0.0918. The molecule has 0 radical (unpaired) electrons. The van der Waals surface area contributed by atoms with E-state index in [1.165, 1.54) is 11.6 Å². The van der Waals surface area contributed by atoms with Crippen molar-refractivity contribution < 1.29 is 13.6 Å².